The summed E-state index contributed by atoms with van der Waals surface area (Å²) in [6, 6.07) is 10.6. The van der Waals surface area contributed by atoms with Gasteiger partial charge in [-0.05, 0) is 38.1 Å². The van der Waals surface area contributed by atoms with Gasteiger partial charge in [0.15, 0.2) is 0 Å². The average molecular weight is 310 g/mol. The number of aryl methyl sites for hydroxylation is 1. The maximum absolute atomic E-state index is 11.9. The number of carbonyl (C=O) groups is 2. The first-order chi connectivity index (χ1) is 11.0. The Hall–Kier alpha value is -3.02. The molecule has 0 atom stereocenters. The van der Waals surface area contributed by atoms with Crippen LogP contribution in [0.2, 0.25) is 0 Å². The fraction of sp³-hybridized carbons (Fsp3) is 0.176. The summed E-state index contributed by atoms with van der Waals surface area (Å²) in [5.41, 5.74) is 5.17. The largest absolute Gasteiger partial charge is 0.324 e. The van der Waals surface area contributed by atoms with Crippen molar-refractivity contribution in [3.8, 4) is 0 Å². The van der Waals surface area contributed by atoms with E-state index in [0.29, 0.717) is 17.0 Å². The maximum Gasteiger partial charge on any atom is 0.271 e. The number of pyridine rings is 1. The van der Waals surface area contributed by atoms with Crippen molar-refractivity contribution in [3.05, 3.63) is 59.9 Å². The Morgan fingerprint density at radius 3 is 2.57 bits per heavy atom. The predicted molar refractivity (Wildman–Crippen MR) is 89.2 cm³/mol. The molecule has 2 aromatic rings. The molecule has 0 aliphatic heterocycles. The van der Waals surface area contributed by atoms with Crippen LogP contribution in [0.5, 0.6) is 0 Å². The molecule has 2 rings (SSSR count). The zero-order chi connectivity index (χ0) is 16.7. The number of carbonyl (C=O) groups excluding carboxylic acids is 2. The Labute approximate surface area is 134 Å². The van der Waals surface area contributed by atoms with Crippen LogP contribution in [0.1, 0.15) is 29.3 Å². The summed E-state index contributed by atoms with van der Waals surface area (Å²) in [5, 5.41) is 6.65. The smallest absolute Gasteiger partial charge is 0.271 e. The predicted octanol–water partition coefficient (Wildman–Crippen LogP) is 2.52. The van der Waals surface area contributed by atoms with Crippen LogP contribution in [0.25, 0.3) is 0 Å². The summed E-state index contributed by atoms with van der Waals surface area (Å²) in [7, 11) is 0. The third-order valence-electron chi connectivity index (χ3n) is 3.02. The lowest BCUT2D eigenvalue weighted by molar-refractivity contribution is -0.115. The second kappa shape index (κ2) is 7.84. The molecule has 118 valence electrons. The molecule has 0 saturated heterocycles. The molecule has 0 fully saturated rings. The van der Waals surface area contributed by atoms with E-state index in [9.17, 15) is 9.59 Å². The number of amides is 2. The van der Waals surface area contributed by atoms with Crippen molar-refractivity contribution in [3.63, 3.8) is 0 Å². The molecule has 1 heterocycles. The van der Waals surface area contributed by atoms with Gasteiger partial charge in [-0.1, -0.05) is 17.7 Å². The fourth-order valence-electron chi connectivity index (χ4n) is 1.83. The SMILES string of the molecule is CC(CC(=O)Nc1cccnc1)=NNC(=O)c1ccc(C)cc1. The second-order valence-corrected chi connectivity index (χ2v) is 5.12. The van der Waals surface area contributed by atoms with Gasteiger partial charge >= 0.3 is 0 Å². The van der Waals surface area contributed by atoms with E-state index in [0.717, 1.165) is 5.56 Å². The van der Waals surface area contributed by atoms with E-state index >= 15 is 0 Å². The molecule has 23 heavy (non-hydrogen) atoms. The number of anilines is 1. The molecule has 2 N–H and O–H groups in total. The minimum Gasteiger partial charge on any atom is -0.324 e. The number of hydrazone groups is 1. The highest BCUT2D eigenvalue weighted by Crippen LogP contribution is 2.04. The number of nitrogens with zero attached hydrogens (tertiary/aromatic N) is 2. The van der Waals surface area contributed by atoms with Gasteiger partial charge in [-0.2, -0.15) is 5.10 Å². The summed E-state index contributed by atoms with van der Waals surface area (Å²) in [6.45, 7) is 3.63. The molecule has 6 heteroatoms. The number of nitrogens with one attached hydrogen (secondary N) is 2. The van der Waals surface area contributed by atoms with E-state index in [4.69, 9.17) is 0 Å². The molecular weight excluding hydrogens is 292 g/mol. The van der Waals surface area contributed by atoms with E-state index in [1.54, 1.807) is 43.6 Å². The molecule has 0 saturated carbocycles. The molecule has 6 nitrogen and oxygen atoms in total. The Balaban J connectivity index is 1.86. The zero-order valence-corrected chi connectivity index (χ0v) is 13.0. The van der Waals surface area contributed by atoms with Gasteiger partial charge in [0.2, 0.25) is 5.91 Å². The second-order valence-electron chi connectivity index (χ2n) is 5.12. The van der Waals surface area contributed by atoms with Crippen LogP contribution < -0.4 is 10.7 Å². The van der Waals surface area contributed by atoms with Crippen molar-refractivity contribution in [1.82, 2.24) is 10.4 Å². The van der Waals surface area contributed by atoms with E-state index in [1.807, 2.05) is 19.1 Å². The van der Waals surface area contributed by atoms with Crippen molar-refractivity contribution in [2.75, 3.05) is 5.32 Å². The van der Waals surface area contributed by atoms with Crippen LogP contribution in [0, 0.1) is 6.92 Å². The maximum atomic E-state index is 11.9. The molecule has 1 aromatic carbocycles. The number of aromatic nitrogens is 1. The van der Waals surface area contributed by atoms with Crippen LogP contribution in [0.3, 0.4) is 0 Å². The first kappa shape index (κ1) is 16.4. The summed E-state index contributed by atoms with van der Waals surface area (Å²) in [5.74, 6) is -0.527. The third-order valence-corrected chi connectivity index (χ3v) is 3.02. The zero-order valence-electron chi connectivity index (χ0n) is 13.0. The topological polar surface area (TPSA) is 83.4 Å². The van der Waals surface area contributed by atoms with Gasteiger partial charge in [-0.25, -0.2) is 5.43 Å². The van der Waals surface area contributed by atoms with Gasteiger partial charge in [-0.15, -0.1) is 0 Å². The normalized spacial score (nSPS) is 11.0. The summed E-state index contributed by atoms with van der Waals surface area (Å²) in [4.78, 5) is 27.7. The standard InChI is InChI=1S/C17H18N4O2/c1-12-5-7-14(8-6-12)17(23)21-20-13(2)10-16(22)19-15-4-3-9-18-11-15/h3-9,11H,10H2,1-2H3,(H,19,22)(H,21,23). The molecule has 2 amide bonds. The summed E-state index contributed by atoms with van der Waals surface area (Å²) in [6.07, 6.45) is 3.27. The van der Waals surface area contributed by atoms with Gasteiger partial charge < -0.3 is 5.32 Å². The molecule has 0 aliphatic rings. The van der Waals surface area contributed by atoms with Crippen LogP contribution in [0.15, 0.2) is 53.9 Å². The van der Waals surface area contributed by atoms with Crippen molar-refractivity contribution in [2.45, 2.75) is 20.3 Å². The minimum absolute atomic E-state index is 0.0864. The van der Waals surface area contributed by atoms with Gasteiger partial charge in [-0.3, -0.25) is 14.6 Å². The lowest BCUT2D eigenvalue weighted by Gasteiger charge is -2.05. The van der Waals surface area contributed by atoms with Crippen LogP contribution in [-0.2, 0) is 4.79 Å². The van der Waals surface area contributed by atoms with Crippen LogP contribution >= 0.6 is 0 Å². The fourth-order valence-corrected chi connectivity index (χ4v) is 1.83. The Bertz CT molecular complexity index is 709. The monoisotopic (exact) mass is 310 g/mol. The first-order valence-electron chi connectivity index (χ1n) is 7.14. The number of hydrogen-bond acceptors (Lipinski definition) is 4. The van der Waals surface area contributed by atoms with Gasteiger partial charge in [0, 0.05) is 17.5 Å². The number of benzene rings is 1. The quantitative estimate of drug-likeness (QED) is 0.657. The number of rotatable bonds is 5. The van der Waals surface area contributed by atoms with Crippen molar-refractivity contribution >= 4 is 23.2 Å². The Kier molecular flexibility index (Phi) is 5.57. The Morgan fingerprint density at radius 2 is 1.91 bits per heavy atom. The highest BCUT2D eigenvalue weighted by molar-refractivity contribution is 6.06. The molecule has 0 bridgehead atoms. The van der Waals surface area contributed by atoms with Gasteiger partial charge in [0.25, 0.3) is 5.91 Å². The van der Waals surface area contributed by atoms with E-state index in [2.05, 4.69) is 20.8 Å². The highest BCUT2D eigenvalue weighted by Gasteiger charge is 2.07. The molecular formula is C17H18N4O2. The molecule has 0 unspecified atom stereocenters. The molecule has 0 aliphatic carbocycles. The van der Waals surface area contributed by atoms with Gasteiger partial charge in [0.05, 0.1) is 18.3 Å². The molecule has 0 spiro atoms. The van der Waals surface area contributed by atoms with Crippen molar-refractivity contribution in [2.24, 2.45) is 5.10 Å². The lowest BCUT2D eigenvalue weighted by Crippen LogP contribution is -2.21. The highest BCUT2D eigenvalue weighted by atomic mass is 16.2. The van der Waals surface area contributed by atoms with E-state index in [-0.39, 0.29) is 18.2 Å². The molecule has 0 radical (unpaired) electrons. The van der Waals surface area contributed by atoms with Crippen molar-refractivity contribution in [1.29, 1.82) is 0 Å². The van der Waals surface area contributed by atoms with Gasteiger partial charge in [0.1, 0.15) is 0 Å². The molecule has 1 aromatic heterocycles. The lowest BCUT2D eigenvalue weighted by atomic mass is 10.1. The number of hydrogen-bond donors (Lipinski definition) is 2. The summed E-state index contributed by atoms with van der Waals surface area (Å²) >= 11 is 0. The van der Waals surface area contributed by atoms with E-state index in [1.165, 1.54) is 0 Å². The Morgan fingerprint density at radius 1 is 1.17 bits per heavy atom. The first-order valence-corrected chi connectivity index (χ1v) is 7.14. The van der Waals surface area contributed by atoms with Crippen molar-refractivity contribution < 1.29 is 9.59 Å². The van der Waals surface area contributed by atoms with E-state index < -0.39 is 0 Å². The van der Waals surface area contributed by atoms with Crippen LogP contribution in [0.4, 0.5) is 5.69 Å². The van der Waals surface area contributed by atoms with Crippen LogP contribution in [-0.4, -0.2) is 22.5 Å². The average Bonchev–Trinajstić information content (AvgIpc) is 2.54. The third kappa shape index (κ3) is 5.35. The summed E-state index contributed by atoms with van der Waals surface area (Å²) < 4.78 is 0. The minimum atomic E-state index is -0.308.